The van der Waals surface area contributed by atoms with E-state index in [1.54, 1.807) is 36.4 Å². The Balaban J connectivity index is 1.36. The SMILES string of the molecule is CCCCCCCc1cnc(-c2ccc(OC(=O)c3ccc(-c4cc([N+](=O)[O-])c(OC(C)CCCCCC)cc4N)cc3)cc2)nc1. The minimum Gasteiger partial charge on any atom is -0.484 e. The number of nitrogens with zero attached hydrogens (tertiary/aromatic N) is 3. The molecule has 1 unspecified atom stereocenters. The van der Waals surface area contributed by atoms with Crippen molar-refractivity contribution in [3.05, 3.63) is 94.3 Å². The van der Waals surface area contributed by atoms with Crippen LogP contribution in [0.15, 0.2) is 73.1 Å². The van der Waals surface area contributed by atoms with Gasteiger partial charge in [-0.05, 0) is 80.1 Å². The Bertz CT molecular complexity index is 1590. The fourth-order valence-electron chi connectivity index (χ4n) is 5.39. The summed E-state index contributed by atoms with van der Waals surface area (Å²) in [6, 6.07) is 16.6. The fourth-order valence-corrected chi connectivity index (χ4v) is 5.39. The lowest BCUT2D eigenvalue weighted by Crippen LogP contribution is -2.13. The molecule has 1 aromatic heterocycles. The quantitative estimate of drug-likeness (QED) is 0.0285. The van der Waals surface area contributed by atoms with Crippen LogP contribution in [0.25, 0.3) is 22.5 Å². The van der Waals surface area contributed by atoms with Crippen molar-refractivity contribution in [2.24, 2.45) is 0 Å². The summed E-state index contributed by atoms with van der Waals surface area (Å²) >= 11 is 0. The number of anilines is 1. The number of esters is 1. The molecule has 47 heavy (non-hydrogen) atoms. The highest BCUT2D eigenvalue weighted by Gasteiger charge is 2.21. The minimum absolute atomic E-state index is 0.152. The molecule has 0 aliphatic carbocycles. The number of carbonyl (C=O) groups is 1. The van der Waals surface area contributed by atoms with Gasteiger partial charge in [-0.25, -0.2) is 14.8 Å². The number of rotatable bonds is 18. The van der Waals surface area contributed by atoms with Crippen molar-refractivity contribution in [1.29, 1.82) is 0 Å². The maximum atomic E-state index is 12.9. The second kappa shape index (κ2) is 17.8. The highest BCUT2D eigenvalue weighted by atomic mass is 16.6. The molecule has 4 rings (SSSR count). The van der Waals surface area contributed by atoms with E-state index in [1.165, 1.54) is 37.8 Å². The normalized spacial score (nSPS) is 11.6. The maximum absolute atomic E-state index is 12.9. The molecule has 0 spiro atoms. The summed E-state index contributed by atoms with van der Waals surface area (Å²) < 4.78 is 11.5. The summed E-state index contributed by atoms with van der Waals surface area (Å²) in [5.74, 6) is 0.632. The van der Waals surface area contributed by atoms with Crippen molar-refractivity contribution in [3.8, 4) is 34.0 Å². The van der Waals surface area contributed by atoms with Gasteiger partial charge >= 0.3 is 11.7 Å². The van der Waals surface area contributed by atoms with Crippen LogP contribution < -0.4 is 15.2 Å². The van der Waals surface area contributed by atoms with Gasteiger partial charge in [0.15, 0.2) is 11.6 Å². The molecule has 2 N–H and O–H groups in total. The lowest BCUT2D eigenvalue weighted by Gasteiger charge is -2.16. The average molecular weight is 639 g/mol. The van der Waals surface area contributed by atoms with Gasteiger partial charge in [0.2, 0.25) is 0 Å². The van der Waals surface area contributed by atoms with E-state index in [4.69, 9.17) is 15.2 Å². The number of carbonyl (C=O) groups excluding carboxylic acids is 1. The van der Waals surface area contributed by atoms with Crippen molar-refractivity contribution in [1.82, 2.24) is 9.97 Å². The summed E-state index contributed by atoms with van der Waals surface area (Å²) in [5, 5.41) is 11.9. The van der Waals surface area contributed by atoms with Crippen molar-refractivity contribution in [2.45, 2.75) is 97.5 Å². The predicted octanol–water partition coefficient (Wildman–Crippen LogP) is 9.77. The molecule has 0 fully saturated rings. The molecule has 0 amide bonds. The van der Waals surface area contributed by atoms with Crippen molar-refractivity contribution in [2.75, 3.05) is 5.73 Å². The average Bonchev–Trinajstić information content (AvgIpc) is 3.07. The first-order valence-corrected chi connectivity index (χ1v) is 16.8. The van der Waals surface area contributed by atoms with Crippen LogP contribution in [-0.4, -0.2) is 27.0 Å². The number of hydrogen-bond acceptors (Lipinski definition) is 8. The number of nitro groups is 1. The van der Waals surface area contributed by atoms with Gasteiger partial charge < -0.3 is 15.2 Å². The second-order valence-corrected chi connectivity index (χ2v) is 12.0. The van der Waals surface area contributed by atoms with E-state index in [1.807, 2.05) is 31.5 Å². The van der Waals surface area contributed by atoms with Gasteiger partial charge in [0, 0.05) is 41.3 Å². The number of benzene rings is 3. The molecular weight excluding hydrogens is 592 g/mol. The Kier molecular flexibility index (Phi) is 13.3. The zero-order valence-corrected chi connectivity index (χ0v) is 27.7. The molecule has 1 heterocycles. The van der Waals surface area contributed by atoms with Gasteiger partial charge in [-0.3, -0.25) is 10.1 Å². The minimum atomic E-state index is -0.528. The van der Waals surface area contributed by atoms with E-state index in [-0.39, 0.29) is 17.5 Å². The molecule has 0 radical (unpaired) electrons. The summed E-state index contributed by atoms with van der Waals surface area (Å²) in [5.41, 5.74) is 9.93. The number of nitrogen functional groups attached to an aromatic ring is 1. The number of aromatic nitrogens is 2. The highest BCUT2D eigenvalue weighted by Crippen LogP contribution is 2.38. The third-order valence-corrected chi connectivity index (χ3v) is 8.15. The Hall–Kier alpha value is -4.79. The van der Waals surface area contributed by atoms with Crippen LogP contribution in [0.1, 0.15) is 101 Å². The summed E-state index contributed by atoms with van der Waals surface area (Å²) in [4.78, 5) is 33.4. The number of ether oxygens (including phenoxy) is 2. The summed E-state index contributed by atoms with van der Waals surface area (Å²) in [7, 11) is 0. The molecule has 0 saturated heterocycles. The first-order valence-electron chi connectivity index (χ1n) is 16.8. The Labute approximate surface area is 277 Å². The van der Waals surface area contributed by atoms with Crippen molar-refractivity contribution < 1.29 is 19.2 Å². The zero-order valence-electron chi connectivity index (χ0n) is 27.7. The monoisotopic (exact) mass is 638 g/mol. The van der Waals surface area contributed by atoms with E-state index in [0.717, 1.165) is 56.1 Å². The molecular formula is C38H46N4O5. The molecule has 4 aromatic rings. The van der Waals surface area contributed by atoms with Crippen LogP contribution in [0.5, 0.6) is 11.5 Å². The summed E-state index contributed by atoms with van der Waals surface area (Å²) in [6.07, 6.45) is 15.9. The standard InChI is InChI=1S/C38H46N4O5/c1-4-6-8-10-12-14-28-25-40-37(41-26-28)30-19-21-32(22-20-30)47-38(43)31-17-15-29(16-18-31)33-23-35(42(44)45)36(24-34(33)39)46-27(3)13-11-9-7-5-2/h15-27H,4-14,39H2,1-3H3. The molecule has 1 atom stereocenters. The number of hydrogen-bond donors (Lipinski definition) is 1. The van der Waals surface area contributed by atoms with Crippen LogP contribution in [0, 0.1) is 10.1 Å². The molecule has 3 aromatic carbocycles. The molecule has 9 heteroatoms. The van der Waals surface area contributed by atoms with Crippen LogP contribution in [0.3, 0.4) is 0 Å². The third-order valence-electron chi connectivity index (χ3n) is 8.15. The molecule has 9 nitrogen and oxygen atoms in total. The van der Waals surface area contributed by atoms with E-state index in [0.29, 0.717) is 34.0 Å². The topological polar surface area (TPSA) is 130 Å². The van der Waals surface area contributed by atoms with Crippen LogP contribution in [0.4, 0.5) is 11.4 Å². The van der Waals surface area contributed by atoms with E-state index < -0.39 is 10.9 Å². The van der Waals surface area contributed by atoms with E-state index >= 15 is 0 Å². The van der Waals surface area contributed by atoms with Gasteiger partial charge in [0.05, 0.1) is 16.6 Å². The largest absolute Gasteiger partial charge is 0.484 e. The first kappa shape index (κ1) is 35.1. The molecule has 0 saturated carbocycles. The molecule has 248 valence electrons. The highest BCUT2D eigenvalue weighted by molar-refractivity contribution is 5.92. The summed E-state index contributed by atoms with van der Waals surface area (Å²) in [6.45, 7) is 6.28. The Morgan fingerprint density at radius 3 is 2.11 bits per heavy atom. The van der Waals surface area contributed by atoms with Gasteiger partial charge in [-0.2, -0.15) is 0 Å². The van der Waals surface area contributed by atoms with Gasteiger partial charge in [-0.15, -0.1) is 0 Å². The predicted molar refractivity (Wildman–Crippen MR) is 187 cm³/mol. The Morgan fingerprint density at radius 1 is 0.851 bits per heavy atom. The fraction of sp³-hybridized carbons (Fsp3) is 0.395. The zero-order chi connectivity index (χ0) is 33.6. The number of nitro benzene ring substituents is 1. The second-order valence-electron chi connectivity index (χ2n) is 12.0. The number of unbranched alkanes of at least 4 members (excludes halogenated alkanes) is 7. The lowest BCUT2D eigenvalue weighted by molar-refractivity contribution is -0.386. The van der Waals surface area contributed by atoms with Gasteiger partial charge in [0.25, 0.3) is 0 Å². The van der Waals surface area contributed by atoms with E-state index in [2.05, 4.69) is 23.8 Å². The lowest BCUT2D eigenvalue weighted by atomic mass is 10.0. The first-order chi connectivity index (χ1) is 22.8. The smallest absolute Gasteiger partial charge is 0.343 e. The van der Waals surface area contributed by atoms with Gasteiger partial charge in [-0.1, -0.05) is 70.9 Å². The molecule has 0 aliphatic heterocycles. The molecule has 0 bridgehead atoms. The van der Waals surface area contributed by atoms with Crippen LogP contribution in [0.2, 0.25) is 0 Å². The maximum Gasteiger partial charge on any atom is 0.343 e. The van der Waals surface area contributed by atoms with Crippen molar-refractivity contribution >= 4 is 17.3 Å². The van der Waals surface area contributed by atoms with Crippen LogP contribution in [-0.2, 0) is 6.42 Å². The number of nitrogens with two attached hydrogens (primary N) is 1. The van der Waals surface area contributed by atoms with Crippen LogP contribution >= 0.6 is 0 Å². The third kappa shape index (κ3) is 10.4. The Morgan fingerprint density at radius 2 is 1.47 bits per heavy atom. The van der Waals surface area contributed by atoms with Gasteiger partial charge in [0.1, 0.15) is 5.75 Å². The van der Waals surface area contributed by atoms with Crippen molar-refractivity contribution in [3.63, 3.8) is 0 Å². The number of aryl methyl sites for hydroxylation is 1. The molecule has 0 aliphatic rings. The van der Waals surface area contributed by atoms with E-state index in [9.17, 15) is 14.9 Å².